The van der Waals surface area contributed by atoms with Crippen LogP contribution in [0.25, 0.3) is 110 Å². The van der Waals surface area contributed by atoms with Crippen LogP contribution in [0.2, 0.25) is 0 Å². The van der Waals surface area contributed by atoms with Crippen LogP contribution >= 0.6 is 0 Å². The third kappa shape index (κ3) is 3.72. The normalized spacial score (nSPS) is 12.2. The minimum absolute atomic E-state index is 0.944. The van der Waals surface area contributed by atoms with Crippen molar-refractivity contribution in [3.05, 3.63) is 176 Å². The molecule has 1 aliphatic carbocycles. The highest BCUT2D eigenvalue weighted by Gasteiger charge is 2.24. The lowest BCUT2D eigenvalue weighted by Gasteiger charge is -2.11. The van der Waals surface area contributed by atoms with E-state index in [0.717, 1.165) is 22.4 Å². The van der Waals surface area contributed by atoms with Gasteiger partial charge in [-0.1, -0.05) is 115 Å². The number of nitrogens with zero attached hydrogens (tertiary/aromatic N) is 3. The quantitative estimate of drug-likeness (QED) is 0.185. The molecule has 8 aromatic carbocycles. The van der Waals surface area contributed by atoms with Crippen LogP contribution in [0.5, 0.6) is 0 Å². The molecule has 3 aromatic heterocycles. The summed E-state index contributed by atoms with van der Waals surface area (Å²) >= 11 is 0. The van der Waals surface area contributed by atoms with Gasteiger partial charge >= 0.3 is 0 Å². The SMILES string of the molecule is c1ccc(-n2c3ccccc3c3c4ccc(-c5ccc6c(c5)c5ccccc5n6-c5cc6c7c(cccc7n5)-c5ccccc5-6)cc4ccc32)cc1. The van der Waals surface area contributed by atoms with Gasteiger partial charge in [0.25, 0.3) is 0 Å². The summed E-state index contributed by atoms with van der Waals surface area (Å²) in [4.78, 5) is 5.31. The van der Waals surface area contributed by atoms with Crippen molar-refractivity contribution in [1.29, 1.82) is 0 Å². The maximum Gasteiger partial charge on any atom is 0.138 e. The summed E-state index contributed by atoms with van der Waals surface area (Å²) in [5, 5.41) is 8.77. The molecular formula is C49H29N3. The van der Waals surface area contributed by atoms with Crippen molar-refractivity contribution in [2.75, 3.05) is 0 Å². The number of para-hydroxylation sites is 3. The van der Waals surface area contributed by atoms with Gasteiger partial charge in [0, 0.05) is 32.6 Å². The maximum atomic E-state index is 5.31. The molecule has 3 heteroatoms. The molecule has 1 aliphatic rings. The molecule has 0 N–H and O–H groups in total. The van der Waals surface area contributed by atoms with E-state index in [4.69, 9.17) is 4.98 Å². The summed E-state index contributed by atoms with van der Waals surface area (Å²) in [5.74, 6) is 0.944. The van der Waals surface area contributed by atoms with E-state index in [-0.39, 0.29) is 0 Å². The van der Waals surface area contributed by atoms with Crippen molar-refractivity contribution in [2.24, 2.45) is 0 Å². The van der Waals surface area contributed by atoms with E-state index in [9.17, 15) is 0 Å². The molecule has 3 heterocycles. The second-order valence-electron chi connectivity index (χ2n) is 13.9. The molecule has 0 saturated heterocycles. The molecule has 0 unspecified atom stereocenters. The minimum atomic E-state index is 0.944. The fraction of sp³-hybridized carbons (Fsp3) is 0. The molecule has 0 bridgehead atoms. The Balaban J connectivity index is 1.04. The molecule has 12 rings (SSSR count). The third-order valence-electron chi connectivity index (χ3n) is 11.2. The average molecular weight is 660 g/mol. The lowest BCUT2D eigenvalue weighted by atomic mass is 9.97. The monoisotopic (exact) mass is 659 g/mol. The molecule has 0 saturated carbocycles. The molecule has 0 amide bonds. The molecule has 0 radical (unpaired) electrons. The lowest BCUT2D eigenvalue weighted by Crippen LogP contribution is -1.98. The standard InChI is InChI=1S/C49H29N3/c1-2-11-33(12-3-1)51-44-20-9-7-16-39(44)49-34-24-21-30(27-32(34)23-26-46(49)51)31-22-25-45-40(28-31)37-15-6-8-19-43(37)52(45)47-29-41-36-14-5-4-13-35(36)38-17-10-18-42(50-47)48(38)41/h1-29H. The summed E-state index contributed by atoms with van der Waals surface area (Å²) in [5.41, 5.74) is 14.5. The maximum absolute atomic E-state index is 5.31. The minimum Gasteiger partial charge on any atom is -0.309 e. The Bertz CT molecular complexity index is 3290. The lowest BCUT2D eigenvalue weighted by molar-refractivity contribution is 1.10. The van der Waals surface area contributed by atoms with Crippen LogP contribution in [-0.4, -0.2) is 14.1 Å². The van der Waals surface area contributed by atoms with Crippen LogP contribution in [0.15, 0.2) is 176 Å². The van der Waals surface area contributed by atoms with Crippen LogP contribution < -0.4 is 0 Å². The molecule has 0 atom stereocenters. The van der Waals surface area contributed by atoms with Crippen LogP contribution in [0.1, 0.15) is 0 Å². The van der Waals surface area contributed by atoms with Crippen LogP contribution in [-0.2, 0) is 0 Å². The highest BCUT2D eigenvalue weighted by atomic mass is 15.1. The van der Waals surface area contributed by atoms with Gasteiger partial charge in [-0.25, -0.2) is 4.98 Å². The smallest absolute Gasteiger partial charge is 0.138 e. The first kappa shape index (κ1) is 27.8. The van der Waals surface area contributed by atoms with Crippen molar-refractivity contribution in [3.8, 4) is 44.9 Å². The number of fused-ring (bicyclic) bond motifs is 11. The molecule has 0 fully saturated rings. The van der Waals surface area contributed by atoms with E-state index in [1.54, 1.807) is 0 Å². The van der Waals surface area contributed by atoms with Crippen molar-refractivity contribution in [2.45, 2.75) is 0 Å². The molecule has 0 aliphatic heterocycles. The molecule has 240 valence electrons. The second kappa shape index (κ2) is 10.3. The van der Waals surface area contributed by atoms with Crippen molar-refractivity contribution in [1.82, 2.24) is 14.1 Å². The predicted octanol–water partition coefficient (Wildman–Crippen LogP) is 12.9. The van der Waals surface area contributed by atoms with Gasteiger partial charge in [-0.3, -0.25) is 4.57 Å². The molecule has 3 nitrogen and oxygen atoms in total. The van der Waals surface area contributed by atoms with Gasteiger partial charge < -0.3 is 4.57 Å². The molecule has 0 spiro atoms. The summed E-state index contributed by atoms with van der Waals surface area (Å²) in [6, 6.07) is 64.1. The topological polar surface area (TPSA) is 22.8 Å². The van der Waals surface area contributed by atoms with E-state index in [1.165, 1.54) is 87.8 Å². The van der Waals surface area contributed by atoms with Crippen molar-refractivity contribution < 1.29 is 0 Å². The van der Waals surface area contributed by atoms with Gasteiger partial charge in [-0.05, 0) is 105 Å². The highest BCUT2D eigenvalue weighted by molar-refractivity contribution is 6.22. The predicted molar refractivity (Wildman–Crippen MR) is 218 cm³/mol. The second-order valence-corrected chi connectivity index (χ2v) is 13.9. The van der Waals surface area contributed by atoms with Gasteiger partial charge in [0.15, 0.2) is 0 Å². The Hall–Kier alpha value is -6.97. The van der Waals surface area contributed by atoms with E-state index >= 15 is 0 Å². The zero-order chi connectivity index (χ0) is 33.9. The van der Waals surface area contributed by atoms with E-state index < -0.39 is 0 Å². The number of hydrogen-bond acceptors (Lipinski definition) is 1. The summed E-state index contributed by atoms with van der Waals surface area (Å²) < 4.78 is 4.73. The molecular weight excluding hydrogens is 631 g/mol. The highest BCUT2D eigenvalue weighted by Crippen LogP contribution is 2.48. The van der Waals surface area contributed by atoms with Crippen molar-refractivity contribution >= 4 is 65.3 Å². The Morgan fingerprint density at radius 1 is 0.346 bits per heavy atom. The van der Waals surface area contributed by atoms with E-state index in [0.29, 0.717) is 0 Å². The first-order valence-electron chi connectivity index (χ1n) is 17.9. The van der Waals surface area contributed by atoms with Gasteiger partial charge in [0.1, 0.15) is 5.82 Å². The zero-order valence-corrected chi connectivity index (χ0v) is 28.1. The number of pyridine rings is 1. The fourth-order valence-corrected chi connectivity index (χ4v) is 9.01. The van der Waals surface area contributed by atoms with Crippen LogP contribution in [0.4, 0.5) is 0 Å². The van der Waals surface area contributed by atoms with Crippen LogP contribution in [0.3, 0.4) is 0 Å². The Kier molecular flexibility index (Phi) is 5.50. The number of benzene rings is 8. The fourth-order valence-electron chi connectivity index (χ4n) is 9.01. The van der Waals surface area contributed by atoms with Crippen LogP contribution in [0, 0.1) is 0 Å². The third-order valence-corrected chi connectivity index (χ3v) is 11.2. The largest absolute Gasteiger partial charge is 0.309 e. The first-order chi connectivity index (χ1) is 25.8. The van der Waals surface area contributed by atoms with Gasteiger partial charge in [0.05, 0.1) is 27.6 Å². The summed E-state index contributed by atoms with van der Waals surface area (Å²) in [7, 11) is 0. The van der Waals surface area contributed by atoms with E-state index in [1.807, 2.05) is 0 Å². The van der Waals surface area contributed by atoms with Crippen molar-refractivity contribution in [3.63, 3.8) is 0 Å². The number of hydrogen-bond donors (Lipinski definition) is 0. The summed E-state index contributed by atoms with van der Waals surface area (Å²) in [6.45, 7) is 0. The summed E-state index contributed by atoms with van der Waals surface area (Å²) in [6.07, 6.45) is 0. The van der Waals surface area contributed by atoms with Gasteiger partial charge in [0.2, 0.25) is 0 Å². The van der Waals surface area contributed by atoms with E-state index in [2.05, 4.69) is 185 Å². The Labute approximate surface area is 299 Å². The first-order valence-corrected chi connectivity index (χ1v) is 17.9. The van der Waals surface area contributed by atoms with Gasteiger partial charge in [-0.2, -0.15) is 0 Å². The molecule has 11 aromatic rings. The van der Waals surface area contributed by atoms with Gasteiger partial charge in [-0.15, -0.1) is 0 Å². The number of rotatable bonds is 3. The number of aromatic nitrogens is 3. The Morgan fingerprint density at radius 2 is 1.00 bits per heavy atom. The zero-order valence-electron chi connectivity index (χ0n) is 28.1. The average Bonchev–Trinajstić information content (AvgIpc) is 3.84. The molecule has 52 heavy (non-hydrogen) atoms. The Morgan fingerprint density at radius 3 is 1.87 bits per heavy atom.